The van der Waals surface area contributed by atoms with Gasteiger partial charge in [-0.25, -0.2) is 0 Å². The van der Waals surface area contributed by atoms with Crippen molar-refractivity contribution >= 4 is 28.4 Å². The Hall–Kier alpha value is -2.43. The molecule has 1 atom stereocenters. The molecule has 3 rings (SSSR count). The predicted molar refractivity (Wildman–Crippen MR) is 76.3 cm³/mol. The second-order valence-electron chi connectivity index (χ2n) is 4.84. The highest BCUT2D eigenvalue weighted by molar-refractivity contribution is 6.07. The Labute approximate surface area is 116 Å². The lowest BCUT2D eigenvalue weighted by Gasteiger charge is -2.31. The summed E-state index contributed by atoms with van der Waals surface area (Å²) in [5.41, 5.74) is 1.54. The molecule has 20 heavy (non-hydrogen) atoms. The summed E-state index contributed by atoms with van der Waals surface area (Å²) >= 11 is 0. The number of aromatic nitrogens is 1. The summed E-state index contributed by atoms with van der Waals surface area (Å²) in [5, 5.41) is 3.66. The van der Waals surface area contributed by atoms with Gasteiger partial charge in [0.2, 0.25) is 11.8 Å². The number of para-hydroxylation sites is 1. The quantitative estimate of drug-likeness (QED) is 0.898. The van der Waals surface area contributed by atoms with Crippen molar-refractivity contribution in [1.82, 2.24) is 10.3 Å². The van der Waals surface area contributed by atoms with Gasteiger partial charge in [-0.1, -0.05) is 25.1 Å². The molecule has 1 aliphatic rings. The number of hydrogen-bond acceptors (Lipinski definition) is 3. The van der Waals surface area contributed by atoms with E-state index in [0.717, 1.165) is 10.9 Å². The Morgan fingerprint density at radius 2 is 2.15 bits per heavy atom. The number of rotatable bonds is 2. The second-order valence-corrected chi connectivity index (χ2v) is 4.84. The maximum atomic E-state index is 12.3. The summed E-state index contributed by atoms with van der Waals surface area (Å²) in [5.74, 6) is -0.214. The smallest absolute Gasteiger partial charge is 0.250 e. The Bertz CT molecular complexity index is 684. The van der Waals surface area contributed by atoms with Crippen LogP contribution in [0.5, 0.6) is 0 Å². The number of piperazine rings is 1. The fourth-order valence-corrected chi connectivity index (χ4v) is 2.41. The van der Waals surface area contributed by atoms with E-state index in [-0.39, 0.29) is 18.4 Å². The predicted octanol–water partition coefficient (Wildman–Crippen LogP) is 1.48. The minimum Gasteiger partial charge on any atom is -0.343 e. The number of nitrogens with one attached hydrogen (secondary N) is 1. The van der Waals surface area contributed by atoms with Gasteiger partial charge in [0.25, 0.3) is 0 Å². The molecule has 2 heterocycles. The van der Waals surface area contributed by atoms with E-state index in [4.69, 9.17) is 0 Å². The summed E-state index contributed by atoms with van der Waals surface area (Å²) in [6, 6.07) is 9.15. The Morgan fingerprint density at radius 3 is 2.95 bits per heavy atom. The lowest BCUT2D eigenvalue weighted by atomic mass is 10.1. The molecule has 1 unspecified atom stereocenters. The summed E-state index contributed by atoms with van der Waals surface area (Å²) in [7, 11) is 0. The van der Waals surface area contributed by atoms with Crippen molar-refractivity contribution in [3.05, 3.63) is 36.5 Å². The molecule has 1 saturated heterocycles. The van der Waals surface area contributed by atoms with Crippen LogP contribution in [0.3, 0.4) is 0 Å². The van der Waals surface area contributed by atoms with Gasteiger partial charge >= 0.3 is 0 Å². The van der Waals surface area contributed by atoms with Crippen LogP contribution >= 0.6 is 0 Å². The zero-order valence-electron chi connectivity index (χ0n) is 11.2. The lowest BCUT2D eigenvalue weighted by Crippen LogP contribution is -2.58. The fourth-order valence-electron chi connectivity index (χ4n) is 2.41. The molecule has 0 aliphatic carbocycles. The molecule has 5 heteroatoms. The van der Waals surface area contributed by atoms with E-state index in [1.165, 1.54) is 4.90 Å². The third kappa shape index (κ3) is 2.11. The molecule has 2 amide bonds. The number of amides is 2. The highest BCUT2D eigenvalue weighted by Gasteiger charge is 2.32. The Morgan fingerprint density at radius 1 is 1.35 bits per heavy atom. The van der Waals surface area contributed by atoms with E-state index in [1.54, 1.807) is 6.20 Å². The van der Waals surface area contributed by atoms with Crippen molar-refractivity contribution < 1.29 is 9.59 Å². The lowest BCUT2D eigenvalue weighted by molar-refractivity contribution is -0.131. The van der Waals surface area contributed by atoms with E-state index in [9.17, 15) is 9.59 Å². The third-order valence-corrected chi connectivity index (χ3v) is 3.50. The largest absolute Gasteiger partial charge is 0.343 e. The molecule has 1 aromatic carbocycles. The van der Waals surface area contributed by atoms with Gasteiger partial charge in [0.05, 0.1) is 17.4 Å². The molecule has 0 saturated carbocycles. The van der Waals surface area contributed by atoms with Crippen LogP contribution in [0, 0.1) is 0 Å². The van der Waals surface area contributed by atoms with Crippen LogP contribution in [-0.2, 0) is 9.59 Å². The first-order valence-electron chi connectivity index (χ1n) is 6.64. The van der Waals surface area contributed by atoms with Gasteiger partial charge in [0, 0.05) is 5.39 Å². The number of pyridine rings is 1. The normalized spacial score (nSPS) is 19.2. The van der Waals surface area contributed by atoms with Crippen molar-refractivity contribution in [2.24, 2.45) is 0 Å². The van der Waals surface area contributed by atoms with Gasteiger partial charge < -0.3 is 5.32 Å². The SMILES string of the molecule is CCC1NC(=O)CN(c2cnc3ccccc3c2)C1=O. The molecular weight excluding hydrogens is 254 g/mol. The van der Waals surface area contributed by atoms with Crippen LogP contribution in [0.4, 0.5) is 5.69 Å². The van der Waals surface area contributed by atoms with Crippen molar-refractivity contribution in [3.63, 3.8) is 0 Å². The van der Waals surface area contributed by atoms with Gasteiger partial charge in [-0.2, -0.15) is 0 Å². The van der Waals surface area contributed by atoms with E-state index < -0.39 is 6.04 Å². The van der Waals surface area contributed by atoms with E-state index in [0.29, 0.717) is 12.1 Å². The molecule has 1 aromatic heterocycles. The van der Waals surface area contributed by atoms with Crippen LogP contribution in [0.1, 0.15) is 13.3 Å². The number of nitrogens with zero attached hydrogens (tertiary/aromatic N) is 2. The van der Waals surface area contributed by atoms with Crippen LogP contribution in [-0.4, -0.2) is 29.4 Å². The number of carbonyl (C=O) groups is 2. The van der Waals surface area contributed by atoms with Gasteiger partial charge in [-0.3, -0.25) is 19.5 Å². The van der Waals surface area contributed by atoms with Crippen LogP contribution < -0.4 is 10.2 Å². The molecule has 1 N–H and O–H groups in total. The maximum Gasteiger partial charge on any atom is 0.250 e. The van der Waals surface area contributed by atoms with Crippen molar-refractivity contribution in [1.29, 1.82) is 0 Å². The van der Waals surface area contributed by atoms with Gasteiger partial charge in [0.15, 0.2) is 0 Å². The first-order valence-corrected chi connectivity index (χ1v) is 6.64. The molecular formula is C15H15N3O2. The van der Waals surface area contributed by atoms with Gasteiger partial charge in [-0.15, -0.1) is 0 Å². The second kappa shape index (κ2) is 4.92. The van der Waals surface area contributed by atoms with Crippen molar-refractivity contribution in [2.45, 2.75) is 19.4 Å². The third-order valence-electron chi connectivity index (χ3n) is 3.50. The molecule has 0 spiro atoms. The average Bonchev–Trinajstić information content (AvgIpc) is 2.48. The van der Waals surface area contributed by atoms with Gasteiger partial charge in [-0.05, 0) is 18.6 Å². The summed E-state index contributed by atoms with van der Waals surface area (Å²) < 4.78 is 0. The minimum atomic E-state index is -0.442. The van der Waals surface area contributed by atoms with Crippen LogP contribution in [0.25, 0.3) is 10.9 Å². The van der Waals surface area contributed by atoms with Crippen LogP contribution in [0.2, 0.25) is 0 Å². The number of fused-ring (bicyclic) bond motifs is 1. The fraction of sp³-hybridized carbons (Fsp3) is 0.267. The molecule has 5 nitrogen and oxygen atoms in total. The first kappa shape index (κ1) is 12.6. The van der Waals surface area contributed by atoms with E-state index in [1.807, 2.05) is 37.3 Å². The molecule has 1 aliphatic heterocycles. The van der Waals surface area contributed by atoms with Gasteiger partial charge in [0.1, 0.15) is 12.6 Å². The maximum absolute atomic E-state index is 12.3. The van der Waals surface area contributed by atoms with Crippen molar-refractivity contribution in [2.75, 3.05) is 11.4 Å². The first-order chi connectivity index (χ1) is 9.69. The standard InChI is InChI=1S/C15H15N3O2/c1-2-12-15(20)18(9-14(19)17-12)11-7-10-5-3-4-6-13(10)16-8-11/h3-8,12H,2,9H2,1H3,(H,17,19). The highest BCUT2D eigenvalue weighted by atomic mass is 16.2. The summed E-state index contributed by atoms with van der Waals surface area (Å²) in [6.45, 7) is 1.93. The summed E-state index contributed by atoms with van der Waals surface area (Å²) in [4.78, 5) is 29.9. The minimum absolute atomic E-state index is 0.0509. The molecule has 0 radical (unpaired) electrons. The molecule has 0 bridgehead atoms. The number of anilines is 1. The highest BCUT2D eigenvalue weighted by Crippen LogP contribution is 2.22. The number of benzene rings is 1. The average molecular weight is 269 g/mol. The number of carbonyl (C=O) groups excluding carboxylic acids is 2. The molecule has 102 valence electrons. The topological polar surface area (TPSA) is 62.3 Å². The molecule has 1 fully saturated rings. The Kier molecular flexibility index (Phi) is 3.10. The zero-order valence-corrected chi connectivity index (χ0v) is 11.2. The number of hydrogen-bond donors (Lipinski definition) is 1. The summed E-state index contributed by atoms with van der Waals surface area (Å²) in [6.07, 6.45) is 2.23. The van der Waals surface area contributed by atoms with E-state index in [2.05, 4.69) is 10.3 Å². The van der Waals surface area contributed by atoms with Crippen molar-refractivity contribution in [3.8, 4) is 0 Å². The molecule has 2 aromatic rings. The Balaban J connectivity index is 2.00. The van der Waals surface area contributed by atoms with Crippen LogP contribution in [0.15, 0.2) is 36.5 Å². The van der Waals surface area contributed by atoms with E-state index >= 15 is 0 Å². The zero-order chi connectivity index (χ0) is 14.1. The monoisotopic (exact) mass is 269 g/mol.